The number of hydrogen-bond donors (Lipinski definition) is 0. The lowest BCUT2D eigenvalue weighted by Gasteiger charge is -2.13. The molecular formula is C11H17N5S. The molecule has 0 bridgehead atoms. The fourth-order valence-corrected chi connectivity index (χ4v) is 2.45. The maximum Gasteiger partial charge on any atom is 0.209 e. The van der Waals surface area contributed by atoms with Gasteiger partial charge in [0.05, 0.1) is 17.5 Å². The molecule has 0 atom stereocenters. The highest BCUT2D eigenvalue weighted by Gasteiger charge is 2.27. The lowest BCUT2D eigenvalue weighted by Crippen LogP contribution is -2.08. The molecule has 17 heavy (non-hydrogen) atoms. The van der Waals surface area contributed by atoms with E-state index in [2.05, 4.69) is 21.6 Å². The van der Waals surface area contributed by atoms with Crippen molar-refractivity contribution in [1.82, 2.24) is 20.2 Å². The predicted octanol–water partition coefficient (Wildman–Crippen LogP) is 2.43. The predicted molar refractivity (Wildman–Crippen MR) is 65.4 cm³/mol. The van der Waals surface area contributed by atoms with Gasteiger partial charge in [-0.15, -0.1) is 5.10 Å². The monoisotopic (exact) mass is 251 g/mol. The third-order valence-electron chi connectivity index (χ3n) is 2.84. The topological polar surface area (TPSA) is 67.4 Å². The molecule has 0 spiro atoms. The van der Waals surface area contributed by atoms with Crippen LogP contribution in [-0.4, -0.2) is 26.0 Å². The number of tetrazole rings is 1. The summed E-state index contributed by atoms with van der Waals surface area (Å²) >= 11 is 1.69. The molecule has 1 aliphatic carbocycles. The average molecular weight is 251 g/mol. The van der Waals surface area contributed by atoms with Crippen molar-refractivity contribution >= 4 is 11.8 Å². The van der Waals surface area contributed by atoms with Crippen molar-refractivity contribution in [1.29, 1.82) is 5.26 Å². The molecule has 0 amide bonds. The van der Waals surface area contributed by atoms with E-state index >= 15 is 0 Å². The molecule has 1 saturated carbocycles. The maximum atomic E-state index is 8.91. The van der Waals surface area contributed by atoms with Crippen LogP contribution in [-0.2, 0) is 0 Å². The highest BCUT2D eigenvalue weighted by atomic mass is 32.2. The Hall–Kier alpha value is -1.09. The van der Waals surface area contributed by atoms with Crippen LogP contribution in [0.4, 0.5) is 0 Å². The first-order valence-corrected chi connectivity index (χ1v) is 6.93. The van der Waals surface area contributed by atoms with Gasteiger partial charge in [-0.05, 0) is 50.0 Å². The van der Waals surface area contributed by atoms with Crippen molar-refractivity contribution in [3.8, 4) is 6.07 Å². The van der Waals surface area contributed by atoms with E-state index in [9.17, 15) is 0 Å². The molecule has 0 radical (unpaired) electrons. The molecule has 0 N–H and O–H groups in total. The van der Waals surface area contributed by atoms with Gasteiger partial charge in [0, 0.05) is 5.75 Å². The van der Waals surface area contributed by atoms with Crippen LogP contribution in [0.15, 0.2) is 5.16 Å². The van der Waals surface area contributed by atoms with Crippen molar-refractivity contribution in [2.45, 2.75) is 50.7 Å². The van der Waals surface area contributed by atoms with Gasteiger partial charge in [-0.2, -0.15) is 5.26 Å². The van der Waals surface area contributed by atoms with Gasteiger partial charge in [0.15, 0.2) is 0 Å². The van der Waals surface area contributed by atoms with Crippen molar-refractivity contribution in [3.63, 3.8) is 0 Å². The SMILES string of the molecule is CC(C)(C#N)CCCSc1nnnn1C1CC1. The molecule has 0 unspecified atom stereocenters. The summed E-state index contributed by atoms with van der Waals surface area (Å²) in [4.78, 5) is 0. The Labute approximate surface area is 106 Å². The van der Waals surface area contributed by atoms with Gasteiger partial charge in [0.1, 0.15) is 0 Å². The summed E-state index contributed by atoms with van der Waals surface area (Å²) in [6.07, 6.45) is 4.32. The lowest BCUT2D eigenvalue weighted by atomic mass is 9.90. The van der Waals surface area contributed by atoms with Gasteiger partial charge in [-0.3, -0.25) is 0 Å². The second-order valence-corrected chi connectivity index (χ2v) is 6.15. The second kappa shape index (κ2) is 5.05. The highest BCUT2D eigenvalue weighted by molar-refractivity contribution is 7.99. The van der Waals surface area contributed by atoms with E-state index in [1.165, 1.54) is 12.8 Å². The van der Waals surface area contributed by atoms with E-state index in [0.29, 0.717) is 6.04 Å². The van der Waals surface area contributed by atoms with Crippen LogP contribution in [0.25, 0.3) is 0 Å². The molecule has 1 heterocycles. The fraction of sp³-hybridized carbons (Fsp3) is 0.818. The Bertz CT molecular complexity index is 416. The van der Waals surface area contributed by atoms with E-state index in [4.69, 9.17) is 5.26 Å². The Morgan fingerprint density at radius 1 is 1.53 bits per heavy atom. The number of hydrogen-bond acceptors (Lipinski definition) is 5. The summed E-state index contributed by atoms with van der Waals surface area (Å²) in [5.41, 5.74) is -0.219. The number of nitriles is 1. The minimum Gasteiger partial charge on any atom is -0.217 e. The summed E-state index contributed by atoms with van der Waals surface area (Å²) in [5.74, 6) is 0.970. The number of nitrogens with zero attached hydrogens (tertiary/aromatic N) is 5. The molecule has 0 aromatic carbocycles. The maximum absolute atomic E-state index is 8.91. The number of rotatable bonds is 6. The zero-order valence-electron chi connectivity index (χ0n) is 10.3. The first-order valence-electron chi connectivity index (χ1n) is 5.94. The minimum atomic E-state index is -0.219. The standard InChI is InChI=1S/C11H17N5S/c1-11(2,8-12)6-3-7-17-10-13-14-15-16(10)9-4-5-9/h9H,3-7H2,1-2H3. The first kappa shape index (κ1) is 12.4. The highest BCUT2D eigenvalue weighted by Crippen LogP contribution is 2.36. The first-order chi connectivity index (χ1) is 8.12. The van der Waals surface area contributed by atoms with Gasteiger partial charge in [-0.25, -0.2) is 4.68 Å². The van der Waals surface area contributed by atoms with Crippen molar-refractivity contribution in [2.75, 3.05) is 5.75 Å². The molecular weight excluding hydrogens is 234 g/mol. The van der Waals surface area contributed by atoms with Gasteiger partial charge >= 0.3 is 0 Å². The summed E-state index contributed by atoms with van der Waals surface area (Å²) < 4.78 is 1.93. The molecule has 1 aromatic heterocycles. The average Bonchev–Trinajstić information content (AvgIpc) is 3.05. The smallest absolute Gasteiger partial charge is 0.209 e. The Morgan fingerprint density at radius 3 is 2.94 bits per heavy atom. The van der Waals surface area contributed by atoms with Gasteiger partial charge in [-0.1, -0.05) is 11.8 Å². The summed E-state index contributed by atoms with van der Waals surface area (Å²) in [5, 5.41) is 21.6. The summed E-state index contributed by atoms with van der Waals surface area (Å²) in [7, 11) is 0. The summed E-state index contributed by atoms with van der Waals surface area (Å²) in [6, 6.07) is 2.85. The van der Waals surface area contributed by atoms with Crippen molar-refractivity contribution in [2.24, 2.45) is 5.41 Å². The molecule has 2 rings (SSSR count). The molecule has 5 nitrogen and oxygen atoms in total. The van der Waals surface area contributed by atoms with Crippen molar-refractivity contribution in [3.05, 3.63) is 0 Å². The van der Waals surface area contributed by atoms with E-state index in [0.717, 1.165) is 23.8 Å². The molecule has 1 aromatic rings. The Morgan fingerprint density at radius 2 is 2.29 bits per heavy atom. The van der Waals surface area contributed by atoms with Crippen LogP contribution in [0.1, 0.15) is 45.6 Å². The van der Waals surface area contributed by atoms with Crippen LogP contribution in [0.3, 0.4) is 0 Å². The van der Waals surface area contributed by atoms with Crippen LogP contribution in [0.2, 0.25) is 0 Å². The van der Waals surface area contributed by atoms with Crippen LogP contribution < -0.4 is 0 Å². The zero-order chi connectivity index (χ0) is 12.3. The van der Waals surface area contributed by atoms with Crippen molar-refractivity contribution < 1.29 is 0 Å². The minimum absolute atomic E-state index is 0.219. The quantitative estimate of drug-likeness (QED) is 0.573. The third-order valence-corrected chi connectivity index (χ3v) is 3.86. The molecule has 1 aliphatic rings. The normalized spacial score (nSPS) is 15.8. The third kappa shape index (κ3) is 3.43. The van der Waals surface area contributed by atoms with Gasteiger partial charge < -0.3 is 0 Å². The Balaban J connectivity index is 1.75. The summed E-state index contributed by atoms with van der Waals surface area (Å²) in [6.45, 7) is 3.96. The van der Waals surface area contributed by atoms with Crippen LogP contribution in [0, 0.1) is 16.7 Å². The molecule has 1 fully saturated rings. The van der Waals surface area contributed by atoms with Gasteiger partial charge in [0.2, 0.25) is 5.16 Å². The van der Waals surface area contributed by atoms with E-state index in [1.807, 2.05) is 18.5 Å². The zero-order valence-corrected chi connectivity index (χ0v) is 11.1. The van der Waals surface area contributed by atoms with E-state index in [1.54, 1.807) is 11.8 Å². The van der Waals surface area contributed by atoms with Crippen LogP contribution in [0.5, 0.6) is 0 Å². The molecule has 92 valence electrons. The molecule has 0 saturated heterocycles. The van der Waals surface area contributed by atoms with E-state index < -0.39 is 0 Å². The largest absolute Gasteiger partial charge is 0.217 e. The Kier molecular flexibility index (Phi) is 3.67. The molecule has 0 aliphatic heterocycles. The van der Waals surface area contributed by atoms with E-state index in [-0.39, 0.29) is 5.41 Å². The second-order valence-electron chi connectivity index (χ2n) is 5.08. The lowest BCUT2D eigenvalue weighted by molar-refractivity contribution is 0.447. The van der Waals surface area contributed by atoms with Crippen LogP contribution >= 0.6 is 11.8 Å². The number of aromatic nitrogens is 4. The number of thioether (sulfide) groups is 1. The van der Waals surface area contributed by atoms with Gasteiger partial charge in [0.25, 0.3) is 0 Å². The molecule has 6 heteroatoms. The fourth-order valence-electron chi connectivity index (χ4n) is 1.56.